The minimum Gasteiger partial charge on any atom is -0.377 e. The van der Waals surface area contributed by atoms with Crippen LogP contribution in [0.15, 0.2) is 23.8 Å². The molecule has 4 nitrogen and oxygen atoms in total. The molecule has 0 spiro atoms. The summed E-state index contributed by atoms with van der Waals surface area (Å²) in [5, 5.41) is 0. The summed E-state index contributed by atoms with van der Waals surface area (Å²) in [6, 6.07) is 0.0883. The number of halogens is 2. The zero-order valence-electron chi connectivity index (χ0n) is 18.8. The Hall–Kier alpha value is -0.820. The molecule has 170 valence electrons. The maximum Gasteiger partial charge on any atom is 0.0875 e. The number of fused-ring (bicyclic) bond motifs is 2. The van der Waals surface area contributed by atoms with Gasteiger partial charge in [0.1, 0.15) is 0 Å². The highest BCUT2D eigenvalue weighted by Crippen LogP contribution is 2.47. The van der Waals surface area contributed by atoms with Gasteiger partial charge in [0.15, 0.2) is 0 Å². The van der Waals surface area contributed by atoms with E-state index in [9.17, 15) is 8.78 Å². The molecule has 4 atom stereocenters. The van der Waals surface area contributed by atoms with E-state index in [1.165, 1.54) is 0 Å². The molecule has 4 aliphatic rings. The first-order valence-electron chi connectivity index (χ1n) is 11.7. The van der Waals surface area contributed by atoms with Crippen LogP contribution >= 0.6 is 0 Å². The van der Waals surface area contributed by atoms with Gasteiger partial charge in [0.2, 0.25) is 0 Å². The van der Waals surface area contributed by atoms with Crippen LogP contribution in [0.2, 0.25) is 0 Å². The second-order valence-corrected chi connectivity index (χ2v) is 10.3. The topological polar surface area (TPSA) is 24.9 Å². The van der Waals surface area contributed by atoms with Gasteiger partial charge in [0, 0.05) is 23.7 Å². The summed E-state index contributed by atoms with van der Waals surface area (Å²) in [5.41, 5.74) is 1.68. The lowest BCUT2D eigenvalue weighted by molar-refractivity contribution is -0.0291. The lowest BCUT2D eigenvalue weighted by atomic mass is 9.92. The van der Waals surface area contributed by atoms with Crippen LogP contribution in [0, 0.1) is 0 Å². The molecule has 0 bridgehead atoms. The van der Waals surface area contributed by atoms with Crippen molar-refractivity contribution < 1.29 is 18.3 Å². The first-order chi connectivity index (χ1) is 14.4. The van der Waals surface area contributed by atoms with Gasteiger partial charge in [-0.15, -0.1) is 0 Å². The third kappa shape index (κ3) is 4.13. The van der Waals surface area contributed by atoms with Crippen molar-refractivity contribution in [2.24, 2.45) is 0 Å². The first kappa shape index (κ1) is 22.4. The fraction of sp³-hybridized carbons (Fsp3) is 0.833. The Morgan fingerprint density at radius 2 is 1.73 bits per heavy atom. The van der Waals surface area contributed by atoms with Crippen molar-refractivity contribution >= 4 is 0 Å². The summed E-state index contributed by atoms with van der Waals surface area (Å²) < 4.78 is 39.3. The molecule has 4 aliphatic heterocycles. The van der Waals surface area contributed by atoms with E-state index in [-0.39, 0.29) is 29.3 Å². The molecule has 0 N–H and O–H groups in total. The third-order valence-corrected chi connectivity index (χ3v) is 7.85. The van der Waals surface area contributed by atoms with Crippen LogP contribution < -0.4 is 0 Å². The molecule has 0 saturated carbocycles. The molecule has 0 aromatic heterocycles. The molecule has 0 amide bonds. The molecule has 4 heterocycles. The van der Waals surface area contributed by atoms with Crippen molar-refractivity contribution in [1.82, 2.24) is 9.80 Å². The van der Waals surface area contributed by atoms with Crippen molar-refractivity contribution in [3.05, 3.63) is 23.8 Å². The molecule has 0 aromatic rings. The summed E-state index contributed by atoms with van der Waals surface area (Å²) >= 11 is 0. The van der Waals surface area contributed by atoms with Crippen molar-refractivity contribution in [3.63, 3.8) is 0 Å². The van der Waals surface area contributed by atoms with Gasteiger partial charge in [-0.1, -0.05) is 0 Å². The van der Waals surface area contributed by atoms with Gasteiger partial charge in [0.25, 0.3) is 0 Å². The van der Waals surface area contributed by atoms with Crippen LogP contribution in [-0.2, 0) is 9.47 Å². The Morgan fingerprint density at radius 1 is 1.00 bits per heavy atom. The van der Waals surface area contributed by atoms with E-state index in [0.717, 1.165) is 88.4 Å². The smallest absolute Gasteiger partial charge is 0.0875 e. The molecule has 30 heavy (non-hydrogen) atoms. The molecule has 1 unspecified atom stereocenters. The molecule has 6 heteroatoms. The second kappa shape index (κ2) is 8.97. The van der Waals surface area contributed by atoms with Gasteiger partial charge < -0.3 is 9.47 Å². The largest absolute Gasteiger partial charge is 0.377 e. The number of hydrogen-bond acceptors (Lipinski definition) is 4. The molecular weight excluding hydrogens is 386 g/mol. The van der Waals surface area contributed by atoms with Crippen LogP contribution in [0.3, 0.4) is 0 Å². The summed E-state index contributed by atoms with van der Waals surface area (Å²) in [6.45, 7) is 10.3. The van der Waals surface area contributed by atoms with Gasteiger partial charge >= 0.3 is 0 Å². The van der Waals surface area contributed by atoms with Crippen molar-refractivity contribution in [2.75, 3.05) is 32.8 Å². The minimum atomic E-state index is -0.0558. The Labute approximate surface area is 180 Å². The maximum absolute atomic E-state index is 13.8. The van der Waals surface area contributed by atoms with Crippen LogP contribution in [-0.4, -0.2) is 72.0 Å². The zero-order chi connectivity index (χ0) is 21.4. The van der Waals surface area contributed by atoms with E-state index >= 15 is 0 Å². The van der Waals surface area contributed by atoms with E-state index in [4.69, 9.17) is 9.47 Å². The third-order valence-electron chi connectivity index (χ3n) is 7.85. The standard InChI is InChI=1S/C24H38F2N2O2/c1-18(2)29-17-24-7-5-9-28(24)22(21(12-24)14-26)10-19(3)30-16-23-6-4-8-27(23)15-20(11-23)13-25/h13-14,18-19,22H,4-12,15-17H2,1-3H3/b20-13-,21-14+/t19-,22?,23+,24+/m1/s1. The molecule has 4 saturated heterocycles. The number of rotatable bonds is 8. The van der Waals surface area contributed by atoms with E-state index in [2.05, 4.69) is 30.6 Å². The minimum absolute atomic E-state index is 0.0302. The van der Waals surface area contributed by atoms with E-state index < -0.39 is 0 Å². The molecule has 0 radical (unpaired) electrons. The molecular formula is C24H38F2N2O2. The predicted molar refractivity (Wildman–Crippen MR) is 115 cm³/mol. The van der Waals surface area contributed by atoms with Gasteiger partial charge in [0.05, 0.1) is 38.1 Å². The normalized spacial score (nSPS) is 38.3. The highest BCUT2D eigenvalue weighted by Gasteiger charge is 2.52. The fourth-order valence-electron chi connectivity index (χ4n) is 6.38. The first-order valence-corrected chi connectivity index (χ1v) is 11.7. The zero-order valence-corrected chi connectivity index (χ0v) is 18.8. The van der Waals surface area contributed by atoms with Crippen molar-refractivity contribution in [1.29, 1.82) is 0 Å². The molecule has 0 aliphatic carbocycles. The number of nitrogens with zero attached hydrogens (tertiary/aromatic N) is 2. The Bertz CT molecular complexity index is 682. The average molecular weight is 425 g/mol. The number of ether oxygens (including phenoxy) is 2. The summed E-state index contributed by atoms with van der Waals surface area (Å²) in [4.78, 5) is 4.88. The fourth-order valence-corrected chi connectivity index (χ4v) is 6.38. The Balaban J connectivity index is 1.38. The van der Waals surface area contributed by atoms with Crippen molar-refractivity contribution in [2.45, 2.75) is 95.0 Å². The molecule has 4 fully saturated rings. The Morgan fingerprint density at radius 3 is 2.47 bits per heavy atom. The SMILES string of the molecule is CC(C)OC[C@@]12CCCN1C(C[C@@H](C)OC[C@@]13CCCN1C/C(=C\F)C3)/C(=C/F)C2. The summed E-state index contributed by atoms with van der Waals surface area (Å²) in [6.07, 6.45) is 8.59. The molecule has 0 aromatic carbocycles. The summed E-state index contributed by atoms with van der Waals surface area (Å²) in [7, 11) is 0. The lowest BCUT2D eigenvalue weighted by Gasteiger charge is -2.36. The predicted octanol–water partition coefficient (Wildman–Crippen LogP) is 4.76. The molecule has 4 rings (SSSR count). The van der Waals surface area contributed by atoms with Crippen LogP contribution in [0.1, 0.15) is 65.7 Å². The van der Waals surface area contributed by atoms with Gasteiger partial charge in [-0.2, -0.15) is 0 Å². The van der Waals surface area contributed by atoms with Crippen LogP contribution in [0.4, 0.5) is 8.78 Å². The maximum atomic E-state index is 13.8. The highest BCUT2D eigenvalue weighted by atomic mass is 19.1. The van der Waals surface area contributed by atoms with Gasteiger partial charge in [-0.3, -0.25) is 9.80 Å². The van der Waals surface area contributed by atoms with Gasteiger partial charge in [-0.25, -0.2) is 8.78 Å². The van der Waals surface area contributed by atoms with Crippen LogP contribution in [0.25, 0.3) is 0 Å². The monoisotopic (exact) mass is 424 g/mol. The second-order valence-electron chi connectivity index (χ2n) is 10.3. The lowest BCUT2D eigenvalue weighted by Crippen LogP contribution is -2.47. The van der Waals surface area contributed by atoms with Gasteiger partial charge in [-0.05, 0) is 90.0 Å². The summed E-state index contributed by atoms with van der Waals surface area (Å²) in [5.74, 6) is 0. The van der Waals surface area contributed by atoms with E-state index in [0.29, 0.717) is 13.2 Å². The van der Waals surface area contributed by atoms with E-state index in [1.54, 1.807) is 0 Å². The van der Waals surface area contributed by atoms with E-state index in [1.807, 2.05) is 0 Å². The average Bonchev–Trinajstić information content (AvgIpc) is 3.44. The van der Waals surface area contributed by atoms with Crippen LogP contribution in [0.5, 0.6) is 0 Å². The Kier molecular flexibility index (Phi) is 6.69. The van der Waals surface area contributed by atoms with Crippen molar-refractivity contribution in [3.8, 4) is 0 Å². The quantitative estimate of drug-likeness (QED) is 0.561. The highest BCUT2D eigenvalue weighted by molar-refractivity contribution is 5.25. The number of hydrogen-bond donors (Lipinski definition) is 0.